The standard InChI is InChI=1S/C12H9Br2N3O2/c13-6-4-8-7(16-12(18)17-8)3-5(6)11(15)9-1-2-10(14)19-9/h1-4,11H,15H2,(H2,16,17,18). The van der Waals surface area contributed by atoms with Crippen molar-refractivity contribution in [3.05, 3.63) is 55.2 Å². The van der Waals surface area contributed by atoms with Crippen molar-refractivity contribution in [2.45, 2.75) is 6.04 Å². The van der Waals surface area contributed by atoms with Crippen LogP contribution in [0.5, 0.6) is 0 Å². The molecule has 0 saturated heterocycles. The Labute approximate surface area is 124 Å². The van der Waals surface area contributed by atoms with Crippen LogP contribution in [-0.4, -0.2) is 9.97 Å². The second-order valence-electron chi connectivity index (χ2n) is 4.12. The molecular formula is C12H9Br2N3O2. The molecule has 2 aromatic heterocycles. The fraction of sp³-hybridized carbons (Fsp3) is 0.0833. The summed E-state index contributed by atoms with van der Waals surface area (Å²) in [6.07, 6.45) is 0. The number of furan rings is 1. The Hall–Kier alpha value is -1.31. The summed E-state index contributed by atoms with van der Waals surface area (Å²) in [5, 5.41) is 0. The molecule has 3 aromatic rings. The van der Waals surface area contributed by atoms with Crippen molar-refractivity contribution in [3.8, 4) is 0 Å². The first-order valence-corrected chi connectivity index (χ1v) is 7.05. The van der Waals surface area contributed by atoms with E-state index in [9.17, 15) is 4.79 Å². The normalized spacial score (nSPS) is 13.0. The van der Waals surface area contributed by atoms with Crippen molar-refractivity contribution < 1.29 is 4.42 Å². The summed E-state index contributed by atoms with van der Waals surface area (Å²) in [5.74, 6) is 0.643. The average molecular weight is 387 g/mol. The lowest BCUT2D eigenvalue weighted by atomic mass is 10.0. The Balaban J connectivity index is 2.13. The van der Waals surface area contributed by atoms with Gasteiger partial charge in [0.15, 0.2) is 4.67 Å². The van der Waals surface area contributed by atoms with Crippen molar-refractivity contribution in [2.24, 2.45) is 5.73 Å². The van der Waals surface area contributed by atoms with Crippen molar-refractivity contribution in [1.82, 2.24) is 9.97 Å². The fourth-order valence-corrected chi connectivity index (χ4v) is 2.87. The molecule has 0 saturated carbocycles. The smallest absolute Gasteiger partial charge is 0.323 e. The van der Waals surface area contributed by atoms with Gasteiger partial charge in [0, 0.05) is 4.47 Å². The molecule has 0 spiro atoms. The average Bonchev–Trinajstić information content (AvgIpc) is 2.92. The SMILES string of the molecule is NC(c1ccc(Br)o1)c1cc2[nH]c(=O)[nH]c2cc1Br. The summed E-state index contributed by atoms with van der Waals surface area (Å²) in [6, 6.07) is 6.84. The van der Waals surface area contributed by atoms with E-state index in [1.807, 2.05) is 18.2 Å². The molecule has 5 nitrogen and oxygen atoms in total. The Bertz CT molecular complexity index is 803. The fourth-order valence-electron chi connectivity index (χ4n) is 1.96. The first-order chi connectivity index (χ1) is 9.04. The number of hydrogen-bond acceptors (Lipinski definition) is 3. The number of fused-ring (bicyclic) bond motifs is 1. The molecule has 1 unspecified atom stereocenters. The highest BCUT2D eigenvalue weighted by Crippen LogP contribution is 2.31. The molecule has 0 fully saturated rings. The molecule has 0 radical (unpaired) electrons. The predicted molar refractivity (Wildman–Crippen MR) is 79.1 cm³/mol. The summed E-state index contributed by atoms with van der Waals surface area (Å²) >= 11 is 6.71. The van der Waals surface area contributed by atoms with Gasteiger partial charge in [0.25, 0.3) is 0 Å². The Kier molecular flexibility index (Phi) is 3.12. The summed E-state index contributed by atoms with van der Waals surface area (Å²) in [4.78, 5) is 16.7. The van der Waals surface area contributed by atoms with Crippen LogP contribution in [0.3, 0.4) is 0 Å². The van der Waals surface area contributed by atoms with Crippen molar-refractivity contribution in [1.29, 1.82) is 0 Å². The maximum Gasteiger partial charge on any atom is 0.323 e. The first-order valence-electron chi connectivity index (χ1n) is 5.47. The van der Waals surface area contributed by atoms with E-state index < -0.39 is 6.04 Å². The van der Waals surface area contributed by atoms with Gasteiger partial charge in [0.2, 0.25) is 0 Å². The number of hydrogen-bond donors (Lipinski definition) is 3. The van der Waals surface area contributed by atoms with Gasteiger partial charge in [-0.05, 0) is 45.8 Å². The van der Waals surface area contributed by atoms with Crippen LogP contribution in [0.15, 0.2) is 42.6 Å². The second kappa shape index (κ2) is 4.66. The van der Waals surface area contributed by atoms with Crippen LogP contribution in [0, 0.1) is 0 Å². The number of H-pyrrole nitrogens is 2. The molecule has 1 aromatic carbocycles. The van der Waals surface area contributed by atoms with Gasteiger partial charge in [-0.1, -0.05) is 15.9 Å². The quantitative estimate of drug-likeness (QED) is 0.632. The van der Waals surface area contributed by atoms with E-state index in [2.05, 4.69) is 41.8 Å². The van der Waals surface area contributed by atoms with Gasteiger partial charge in [-0.2, -0.15) is 0 Å². The summed E-state index contributed by atoms with van der Waals surface area (Å²) < 4.78 is 6.91. The predicted octanol–water partition coefficient (Wildman–Crippen LogP) is 3.02. The Morgan fingerprint density at radius 1 is 1.16 bits per heavy atom. The van der Waals surface area contributed by atoms with Crippen molar-refractivity contribution in [3.63, 3.8) is 0 Å². The maximum atomic E-state index is 11.3. The zero-order valence-corrected chi connectivity index (χ0v) is 12.7. The van der Waals surface area contributed by atoms with E-state index in [1.165, 1.54) is 0 Å². The number of nitrogens with one attached hydrogen (secondary N) is 2. The summed E-state index contributed by atoms with van der Waals surface area (Å²) in [5.41, 5.74) is 8.22. The number of halogens is 2. The molecule has 19 heavy (non-hydrogen) atoms. The summed E-state index contributed by atoms with van der Waals surface area (Å²) in [6.45, 7) is 0. The topological polar surface area (TPSA) is 87.8 Å². The third kappa shape index (κ3) is 2.29. The zero-order valence-electron chi connectivity index (χ0n) is 9.54. The molecule has 0 aliphatic rings. The molecule has 4 N–H and O–H groups in total. The Morgan fingerprint density at radius 3 is 2.47 bits per heavy atom. The molecule has 0 bridgehead atoms. The summed E-state index contributed by atoms with van der Waals surface area (Å²) in [7, 11) is 0. The van der Waals surface area contributed by atoms with Gasteiger partial charge >= 0.3 is 5.69 Å². The molecule has 98 valence electrons. The van der Waals surface area contributed by atoms with Gasteiger partial charge in [0.05, 0.1) is 17.1 Å². The van der Waals surface area contributed by atoms with Crippen LogP contribution in [-0.2, 0) is 0 Å². The van der Waals surface area contributed by atoms with Gasteiger partial charge in [-0.25, -0.2) is 4.79 Å². The van der Waals surface area contributed by atoms with Crippen LogP contribution in [0.1, 0.15) is 17.4 Å². The van der Waals surface area contributed by atoms with E-state index in [1.54, 1.807) is 6.07 Å². The number of nitrogens with two attached hydrogens (primary N) is 1. The highest BCUT2D eigenvalue weighted by molar-refractivity contribution is 9.10. The minimum absolute atomic E-state index is 0.242. The van der Waals surface area contributed by atoms with Crippen LogP contribution in [0.25, 0.3) is 11.0 Å². The third-order valence-electron chi connectivity index (χ3n) is 2.87. The van der Waals surface area contributed by atoms with Crippen LogP contribution < -0.4 is 11.4 Å². The molecular weight excluding hydrogens is 378 g/mol. The highest BCUT2D eigenvalue weighted by Gasteiger charge is 2.17. The molecule has 7 heteroatoms. The van der Waals surface area contributed by atoms with Gasteiger partial charge in [0.1, 0.15) is 5.76 Å². The number of benzene rings is 1. The van der Waals surface area contributed by atoms with E-state index >= 15 is 0 Å². The third-order valence-corrected chi connectivity index (χ3v) is 3.98. The zero-order chi connectivity index (χ0) is 13.6. The largest absolute Gasteiger partial charge is 0.452 e. The number of rotatable bonds is 2. The second-order valence-corrected chi connectivity index (χ2v) is 5.75. The van der Waals surface area contributed by atoms with Gasteiger partial charge < -0.3 is 20.1 Å². The monoisotopic (exact) mass is 385 g/mol. The van der Waals surface area contributed by atoms with E-state index in [-0.39, 0.29) is 5.69 Å². The molecule has 0 aliphatic heterocycles. The number of aromatic nitrogens is 2. The maximum absolute atomic E-state index is 11.3. The van der Waals surface area contributed by atoms with Crippen molar-refractivity contribution >= 4 is 42.9 Å². The Morgan fingerprint density at radius 2 is 1.84 bits per heavy atom. The molecule has 1 atom stereocenters. The van der Waals surface area contributed by atoms with Gasteiger partial charge in [-0.15, -0.1) is 0 Å². The van der Waals surface area contributed by atoms with E-state index in [0.29, 0.717) is 15.9 Å². The highest BCUT2D eigenvalue weighted by atomic mass is 79.9. The van der Waals surface area contributed by atoms with E-state index in [4.69, 9.17) is 10.2 Å². The lowest BCUT2D eigenvalue weighted by Crippen LogP contribution is -2.11. The van der Waals surface area contributed by atoms with Gasteiger partial charge in [-0.3, -0.25) is 0 Å². The van der Waals surface area contributed by atoms with E-state index in [0.717, 1.165) is 15.6 Å². The minimum atomic E-state index is -0.413. The number of imidazole rings is 1. The number of aromatic amines is 2. The van der Waals surface area contributed by atoms with Crippen LogP contribution in [0.4, 0.5) is 0 Å². The van der Waals surface area contributed by atoms with Crippen LogP contribution in [0.2, 0.25) is 0 Å². The van der Waals surface area contributed by atoms with Crippen LogP contribution >= 0.6 is 31.9 Å². The molecule has 3 rings (SSSR count). The molecule has 0 amide bonds. The van der Waals surface area contributed by atoms with Crippen molar-refractivity contribution in [2.75, 3.05) is 0 Å². The first kappa shape index (κ1) is 12.7. The molecule has 2 heterocycles. The minimum Gasteiger partial charge on any atom is -0.452 e. The molecule has 0 aliphatic carbocycles. The lowest BCUT2D eigenvalue weighted by molar-refractivity contribution is 0.470. The lowest BCUT2D eigenvalue weighted by Gasteiger charge is -2.11.